The van der Waals surface area contributed by atoms with Crippen LogP contribution in [0.3, 0.4) is 0 Å². The Morgan fingerprint density at radius 2 is 0.816 bits per heavy atom. The smallest absolute Gasteiger partial charge is 0.220 e. The number of para-hydroxylation sites is 4. The first kappa shape index (κ1) is 41.5. The van der Waals surface area contributed by atoms with Crippen molar-refractivity contribution in [2.75, 3.05) is 0 Å². The zero-order valence-corrected chi connectivity index (χ0v) is 41.7. The molecule has 0 atom stereocenters. The molecule has 350 valence electrons. The van der Waals surface area contributed by atoms with Gasteiger partial charge in [-0.25, -0.2) is 4.85 Å². The van der Waals surface area contributed by atoms with Gasteiger partial charge in [-0.05, 0) is 71.8 Å². The monoisotopic (exact) mass is 1000 g/mol. The highest BCUT2D eigenvalue weighted by atomic mass is 32.1. The molecule has 17 rings (SSSR count). The first-order valence-electron chi connectivity index (χ1n) is 25.2. The summed E-state index contributed by atoms with van der Waals surface area (Å²) in [7, 11) is 0. The summed E-state index contributed by atoms with van der Waals surface area (Å²) in [6, 6.07) is 74.8. The zero-order valence-electron chi connectivity index (χ0n) is 40.1. The van der Waals surface area contributed by atoms with Crippen LogP contribution in [0.25, 0.3) is 166 Å². The van der Waals surface area contributed by atoms with Gasteiger partial charge in [0, 0.05) is 94.6 Å². The van der Waals surface area contributed by atoms with Crippen molar-refractivity contribution < 1.29 is 8.83 Å². The van der Waals surface area contributed by atoms with E-state index in [0.717, 1.165) is 93.0 Å². The van der Waals surface area contributed by atoms with E-state index in [2.05, 4.69) is 161 Å². The number of fused-ring (bicyclic) bond motifs is 20. The Morgan fingerprint density at radius 3 is 1.33 bits per heavy atom. The number of hydrogen-bond donors (Lipinski definition) is 0. The molecule has 6 heterocycles. The van der Waals surface area contributed by atoms with Gasteiger partial charge >= 0.3 is 0 Å². The van der Waals surface area contributed by atoms with Crippen molar-refractivity contribution in [1.82, 2.24) is 9.13 Å². The first-order chi connectivity index (χ1) is 37.7. The molecule has 0 saturated heterocycles. The van der Waals surface area contributed by atoms with E-state index in [1.165, 1.54) is 40.3 Å². The van der Waals surface area contributed by atoms with Crippen LogP contribution in [0.5, 0.6) is 0 Å². The number of furan rings is 2. The third-order valence-corrected chi connectivity index (χ3v) is 18.2. The molecule has 0 spiro atoms. The van der Waals surface area contributed by atoms with Crippen molar-refractivity contribution in [3.8, 4) is 39.7 Å². The van der Waals surface area contributed by atoms with Crippen molar-refractivity contribution in [2.24, 2.45) is 0 Å². The standard InChI is InChI=1S/C68H34N4O2S2/c1-70-64-60(45-22-14-28-54-58(45)43-20-4-10-26-52(43)73-54)47(36-69)65(71-48-24-8-2-18-41(48)61-50(71)34-32-39-37-16-6-12-30-56(37)75-67(39)61)63(46-23-15-29-55-59(46)44-21-5-11-27-53(44)74-55)66(64)72-49-25-9-3-19-42(49)62-51(72)35-33-40-38-17-7-13-31-57(38)76-68(40)62/h2-35H. The Kier molecular flexibility index (Phi) is 8.36. The molecule has 0 radical (unpaired) electrons. The van der Waals surface area contributed by atoms with Crippen LogP contribution in [-0.4, -0.2) is 9.13 Å². The van der Waals surface area contributed by atoms with Gasteiger partial charge in [0.1, 0.15) is 28.4 Å². The Bertz CT molecular complexity index is 5300. The van der Waals surface area contributed by atoms with E-state index in [4.69, 9.17) is 13.7 Å². The molecule has 17 aromatic rings. The van der Waals surface area contributed by atoms with Crippen LogP contribution in [0.4, 0.5) is 5.69 Å². The predicted octanol–water partition coefficient (Wildman–Crippen LogP) is 20.2. The van der Waals surface area contributed by atoms with Gasteiger partial charge in [0.25, 0.3) is 0 Å². The first-order valence-corrected chi connectivity index (χ1v) is 26.8. The summed E-state index contributed by atoms with van der Waals surface area (Å²) >= 11 is 3.60. The second-order valence-electron chi connectivity index (χ2n) is 19.5. The molecule has 0 aliphatic rings. The Hall–Kier alpha value is -9.96. The number of thiophene rings is 2. The lowest BCUT2D eigenvalue weighted by molar-refractivity contribution is 0.668. The van der Waals surface area contributed by atoms with Gasteiger partial charge in [-0.15, -0.1) is 22.7 Å². The van der Waals surface area contributed by atoms with E-state index >= 15 is 0 Å². The molecule has 0 aliphatic heterocycles. The fourth-order valence-corrected chi connectivity index (χ4v) is 15.3. The maximum absolute atomic E-state index is 12.5. The van der Waals surface area contributed by atoms with Gasteiger partial charge in [0.15, 0.2) is 0 Å². The van der Waals surface area contributed by atoms with Crippen LogP contribution in [0.15, 0.2) is 215 Å². The minimum absolute atomic E-state index is 0.352. The summed E-state index contributed by atoms with van der Waals surface area (Å²) < 4.78 is 22.8. The van der Waals surface area contributed by atoms with Gasteiger partial charge in [-0.1, -0.05) is 146 Å². The highest BCUT2D eigenvalue weighted by molar-refractivity contribution is 7.27. The highest BCUT2D eigenvalue weighted by Gasteiger charge is 2.34. The zero-order chi connectivity index (χ0) is 49.9. The largest absolute Gasteiger partial charge is 0.456 e. The Balaban J connectivity index is 1.17. The Labute approximate surface area is 439 Å². The molecular formula is C68H34N4O2S2. The number of benzene rings is 11. The highest BCUT2D eigenvalue weighted by Crippen LogP contribution is 2.56. The van der Waals surface area contributed by atoms with Crippen molar-refractivity contribution in [1.29, 1.82) is 5.26 Å². The molecular weight excluding hydrogens is 969 g/mol. The van der Waals surface area contributed by atoms with Crippen LogP contribution < -0.4 is 0 Å². The molecule has 8 heteroatoms. The normalized spacial score (nSPS) is 12.2. The summed E-state index contributed by atoms with van der Waals surface area (Å²) in [5.74, 6) is 0. The van der Waals surface area contributed by atoms with Crippen molar-refractivity contribution in [2.45, 2.75) is 0 Å². The molecule has 76 heavy (non-hydrogen) atoms. The lowest BCUT2D eigenvalue weighted by atomic mass is 9.86. The van der Waals surface area contributed by atoms with Crippen LogP contribution >= 0.6 is 22.7 Å². The molecule has 0 amide bonds. The number of hydrogen-bond acceptors (Lipinski definition) is 5. The average molecular weight is 1000 g/mol. The second-order valence-corrected chi connectivity index (χ2v) is 21.6. The fourth-order valence-electron chi connectivity index (χ4n) is 12.8. The van der Waals surface area contributed by atoms with Crippen LogP contribution in [0.1, 0.15) is 5.56 Å². The van der Waals surface area contributed by atoms with Crippen molar-refractivity contribution in [3.63, 3.8) is 0 Å². The van der Waals surface area contributed by atoms with Crippen LogP contribution in [0.2, 0.25) is 0 Å². The molecule has 0 saturated carbocycles. The van der Waals surface area contributed by atoms with Gasteiger partial charge in [0.05, 0.1) is 45.6 Å². The number of nitrogens with zero attached hydrogens (tertiary/aromatic N) is 4. The third kappa shape index (κ3) is 5.35. The van der Waals surface area contributed by atoms with Gasteiger partial charge in [-0.3, -0.25) is 0 Å². The summed E-state index contributed by atoms with van der Waals surface area (Å²) in [6.07, 6.45) is 0. The molecule has 6 nitrogen and oxygen atoms in total. The molecule has 0 N–H and O–H groups in total. The molecule has 0 aliphatic carbocycles. The maximum atomic E-state index is 12.5. The summed E-state index contributed by atoms with van der Waals surface area (Å²) in [5.41, 5.74) is 11.6. The van der Waals surface area contributed by atoms with Crippen LogP contribution in [0, 0.1) is 17.9 Å². The summed E-state index contributed by atoms with van der Waals surface area (Å²) in [4.78, 5) is 4.74. The molecule has 6 aromatic heterocycles. The molecule has 11 aromatic carbocycles. The molecule has 0 bridgehead atoms. The predicted molar refractivity (Wildman–Crippen MR) is 317 cm³/mol. The quantitative estimate of drug-likeness (QED) is 0.165. The fraction of sp³-hybridized carbons (Fsp3) is 0. The topological polar surface area (TPSA) is 64.3 Å². The summed E-state index contributed by atoms with van der Waals surface area (Å²) in [5, 5.41) is 25.2. The van der Waals surface area contributed by atoms with E-state index in [1.807, 2.05) is 60.7 Å². The van der Waals surface area contributed by atoms with Gasteiger partial charge < -0.3 is 18.0 Å². The number of aromatic nitrogens is 2. The van der Waals surface area contributed by atoms with E-state index in [0.29, 0.717) is 39.4 Å². The second kappa shape index (κ2) is 15.3. The Morgan fingerprint density at radius 1 is 0.382 bits per heavy atom. The number of rotatable bonds is 4. The van der Waals surface area contributed by atoms with Gasteiger partial charge in [-0.2, -0.15) is 5.26 Å². The molecule has 0 unspecified atom stereocenters. The lowest BCUT2D eigenvalue weighted by Crippen LogP contribution is -2.09. The average Bonchev–Trinajstić information content (AvgIpc) is 4.36. The van der Waals surface area contributed by atoms with Crippen molar-refractivity contribution >= 4 is 156 Å². The van der Waals surface area contributed by atoms with Crippen LogP contribution in [-0.2, 0) is 0 Å². The maximum Gasteiger partial charge on any atom is 0.220 e. The third-order valence-electron chi connectivity index (χ3n) is 15.8. The SMILES string of the molecule is [C-]#[N+]c1c(-c2cccc3oc4ccccc4c23)c(C#N)c(-n2c3ccccc3c3c4sc5ccccc5c4ccc32)c(-c2cccc3oc4ccccc4c23)c1-n1c2ccccc2c2c3sc4ccccc4c3ccc21. The molecule has 0 fully saturated rings. The number of nitriles is 1. The van der Waals surface area contributed by atoms with Crippen molar-refractivity contribution in [3.05, 3.63) is 223 Å². The van der Waals surface area contributed by atoms with E-state index in [-0.39, 0.29) is 0 Å². The lowest BCUT2D eigenvalue weighted by Gasteiger charge is -2.26. The van der Waals surface area contributed by atoms with E-state index < -0.39 is 0 Å². The summed E-state index contributed by atoms with van der Waals surface area (Å²) in [6.45, 7) is 9.73. The van der Waals surface area contributed by atoms with E-state index in [1.54, 1.807) is 22.7 Å². The van der Waals surface area contributed by atoms with Gasteiger partial charge in [0.2, 0.25) is 5.69 Å². The van der Waals surface area contributed by atoms with E-state index in [9.17, 15) is 11.8 Å². The minimum Gasteiger partial charge on any atom is -0.456 e. The minimum atomic E-state index is 0.352.